The van der Waals surface area contributed by atoms with Crippen molar-refractivity contribution in [1.29, 1.82) is 0 Å². The fourth-order valence-electron chi connectivity index (χ4n) is 2.22. The van der Waals surface area contributed by atoms with E-state index < -0.39 is 0 Å². The van der Waals surface area contributed by atoms with E-state index in [4.69, 9.17) is 0 Å². The number of pyridine rings is 1. The summed E-state index contributed by atoms with van der Waals surface area (Å²) in [7, 11) is 0. The van der Waals surface area contributed by atoms with Crippen molar-refractivity contribution in [3.8, 4) is 0 Å². The van der Waals surface area contributed by atoms with Gasteiger partial charge in [0.25, 0.3) is 0 Å². The standard InChI is InChI=1S/C14H11NO/c16-14-12-4-2-1-3-10(12)5-6-11-7-8-15-9-13(11)14/h1-4,7-9H,5-6H2. The van der Waals surface area contributed by atoms with Crippen LogP contribution in [0, 0.1) is 0 Å². The summed E-state index contributed by atoms with van der Waals surface area (Å²) >= 11 is 0. The second-order valence-electron chi connectivity index (χ2n) is 4.02. The van der Waals surface area contributed by atoms with Crippen molar-refractivity contribution in [1.82, 2.24) is 4.98 Å². The van der Waals surface area contributed by atoms with E-state index in [1.54, 1.807) is 12.4 Å². The Morgan fingerprint density at radius 2 is 1.69 bits per heavy atom. The lowest BCUT2D eigenvalue weighted by molar-refractivity contribution is 0.103. The molecule has 2 nitrogen and oxygen atoms in total. The molecule has 0 bridgehead atoms. The second-order valence-corrected chi connectivity index (χ2v) is 4.02. The van der Waals surface area contributed by atoms with Gasteiger partial charge < -0.3 is 0 Å². The van der Waals surface area contributed by atoms with Crippen LogP contribution >= 0.6 is 0 Å². The third kappa shape index (κ3) is 1.34. The molecule has 0 amide bonds. The molecule has 0 N–H and O–H groups in total. The zero-order valence-corrected chi connectivity index (χ0v) is 8.81. The summed E-state index contributed by atoms with van der Waals surface area (Å²) in [5.74, 6) is 0.108. The molecule has 0 saturated carbocycles. The molecule has 1 heterocycles. The Morgan fingerprint density at radius 3 is 2.56 bits per heavy atom. The van der Waals surface area contributed by atoms with E-state index in [1.807, 2.05) is 30.3 Å². The molecule has 0 aliphatic heterocycles. The number of benzene rings is 1. The molecule has 2 heteroatoms. The van der Waals surface area contributed by atoms with Gasteiger partial charge in [-0.15, -0.1) is 0 Å². The molecule has 1 aromatic carbocycles. The molecule has 0 spiro atoms. The summed E-state index contributed by atoms with van der Waals surface area (Å²) in [6, 6.07) is 9.78. The second kappa shape index (κ2) is 3.56. The summed E-state index contributed by atoms with van der Waals surface area (Å²) < 4.78 is 0. The van der Waals surface area contributed by atoms with Crippen LogP contribution in [0.2, 0.25) is 0 Å². The van der Waals surface area contributed by atoms with Gasteiger partial charge in [-0.3, -0.25) is 9.78 Å². The largest absolute Gasteiger partial charge is 0.289 e. The van der Waals surface area contributed by atoms with Crippen LogP contribution in [-0.4, -0.2) is 10.8 Å². The Morgan fingerprint density at radius 1 is 0.938 bits per heavy atom. The van der Waals surface area contributed by atoms with Crippen molar-refractivity contribution in [3.05, 3.63) is 65.0 Å². The third-order valence-corrected chi connectivity index (χ3v) is 3.08. The van der Waals surface area contributed by atoms with Crippen LogP contribution in [0.1, 0.15) is 27.0 Å². The average Bonchev–Trinajstić information content (AvgIpc) is 2.49. The fraction of sp³-hybridized carbons (Fsp3) is 0.143. The molecule has 3 rings (SSSR count). The number of carbonyl (C=O) groups excluding carboxylic acids is 1. The first-order valence-corrected chi connectivity index (χ1v) is 5.42. The predicted molar refractivity (Wildman–Crippen MR) is 61.5 cm³/mol. The first-order valence-electron chi connectivity index (χ1n) is 5.42. The lowest BCUT2D eigenvalue weighted by atomic mass is 10.0. The molecule has 0 unspecified atom stereocenters. The first-order chi connectivity index (χ1) is 7.86. The monoisotopic (exact) mass is 209 g/mol. The predicted octanol–water partition coefficient (Wildman–Crippen LogP) is 2.41. The lowest BCUT2D eigenvalue weighted by Gasteiger charge is -2.03. The fourth-order valence-corrected chi connectivity index (χ4v) is 2.22. The zero-order chi connectivity index (χ0) is 11.0. The van der Waals surface area contributed by atoms with Crippen LogP contribution in [0.5, 0.6) is 0 Å². The van der Waals surface area contributed by atoms with Crippen molar-refractivity contribution in [2.45, 2.75) is 12.8 Å². The molecule has 1 aliphatic rings. The van der Waals surface area contributed by atoms with Gasteiger partial charge in [0.2, 0.25) is 0 Å². The van der Waals surface area contributed by atoms with E-state index >= 15 is 0 Å². The Kier molecular flexibility index (Phi) is 2.07. The van der Waals surface area contributed by atoms with Gasteiger partial charge in [0.1, 0.15) is 0 Å². The van der Waals surface area contributed by atoms with E-state index in [9.17, 15) is 4.79 Å². The maximum Gasteiger partial charge on any atom is 0.195 e. The Bertz CT molecular complexity index is 511. The number of aryl methyl sites for hydroxylation is 2. The summed E-state index contributed by atoms with van der Waals surface area (Å²) in [6.07, 6.45) is 5.28. The molecule has 0 atom stereocenters. The molecule has 78 valence electrons. The highest BCUT2D eigenvalue weighted by atomic mass is 16.1. The summed E-state index contributed by atoms with van der Waals surface area (Å²) in [6.45, 7) is 0. The molecule has 16 heavy (non-hydrogen) atoms. The molecule has 1 aliphatic carbocycles. The number of hydrogen-bond donors (Lipinski definition) is 0. The van der Waals surface area contributed by atoms with Gasteiger partial charge in [-0.05, 0) is 30.0 Å². The Balaban J connectivity index is 2.22. The Labute approximate surface area is 94.0 Å². The van der Waals surface area contributed by atoms with Crippen LogP contribution in [-0.2, 0) is 12.8 Å². The zero-order valence-electron chi connectivity index (χ0n) is 8.81. The highest BCUT2D eigenvalue weighted by molar-refractivity contribution is 6.11. The van der Waals surface area contributed by atoms with E-state index in [1.165, 1.54) is 0 Å². The van der Waals surface area contributed by atoms with Crippen molar-refractivity contribution in [3.63, 3.8) is 0 Å². The number of hydrogen-bond acceptors (Lipinski definition) is 2. The molecule has 0 saturated heterocycles. The highest BCUT2D eigenvalue weighted by Crippen LogP contribution is 2.23. The summed E-state index contributed by atoms with van der Waals surface area (Å²) in [5.41, 5.74) is 3.83. The van der Waals surface area contributed by atoms with Crippen LogP contribution in [0.25, 0.3) is 0 Å². The number of fused-ring (bicyclic) bond motifs is 2. The van der Waals surface area contributed by atoms with Crippen molar-refractivity contribution in [2.24, 2.45) is 0 Å². The quantitative estimate of drug-likeness (QED) is 0.667. The number of carbonyl (C=O) groups is 1. The van der Waals surface area contributed by atoms with Gasteiger partial charge in [-0.1, -0.05) is 24.3 Å². The van der Waals surface area contributed by atoms with Crippen molar-refractivity contribution in [2.75, 3.05) is 0 Å². The molecule has 1 aromatic heterocycles. The maximum absolute atomic E-state index is 12.3. The van der Waals surface area contributed by atoms with Gasteiger partial charge >= 0.3 is 0 Å². The SMILES string of the molecule is O=C1c2ccccc2CCc2ccncc21. The highest BCUT2D eigenvalue weighted by Gasteiger charge is 2.20. The van der Waals surface area contributed by atoms with Gasteiger partial charge in [-0.25, -0.2) is 0 Å². The van der Waals surface area contributed by atoms with Gasteiger partial charge in [0.05, 0.1) is 0 Å². The molecule has 0 radical (unpaired) electrons. The average molecular weight is 209 g/mol. The smallest absolute Gasteiger partial charge is 0.195 e. The molecule has 0 fully saturated rings. The lowest BCUT2D eigenvalue weighted by Crippen LogP contribution is -2.04. The normalized spacial score (nSPS) is 13.9. The molecule has 2 aromatic rings. The molecular weight excluding hydrogens is 198 g/mol. The van der Waals surface area contributed by atoms with Crippen LogP contribution in [0.15, 0.2) is 42.7 Å². The van der Waals surface area contributed by atoms with Gasteiger partial charge in [0, 0.05) is 23.5 Å². The van der Waals surface area contributed by atoms with E-state index in [2.05, 4.69) is 4.98 Å². The summed E-state index contributed by atoms with van der Waals surface area (Å²) in [4.78, 5) is 16.3. The van der Waals surface area contributed by atoms with E-state index in [0.29, 0.717) is 0 Å². The third-order valence-electron chi connectivity index (χ3n) is 3.08. The number of ketones is 1. The Hall–Kier alpha value is -1.96. The molecular formula is C14H11NO. The minimum absolute atomic E-state index is 0.108. The van der Waals surface area contributed by atoms with Crippen molar-refractivity contribution < 1.29 is 4.79 Å². The van der Waals surface area contributed by atoms with Crippen molar-refractivity contribution >= 4 is 5.78 Å². The minimum atomic E-state index is 0.108. The van der Waals surface area contributed by atoms with Gasteiger partial charge in [0.15, 0.2) is 5.78 Å². The van der Waals surface area contributed by atoms with Crippen LogP contribution < -0.4 is 0 Å². The first kappa shape index (κ1) is 9.28. The number of aromatic nitrogens is 1. The van der Waals surface area contributed by atoms with E-state index in [-0.39, 0.29) is 5.78 Å². The van der Waals surface area contributed by atoms with Crippen LogP contribution in [0.3, 0.4) is 0 Å². The maximum atomic E-state index is 12.3. The minimum Gasteiger partial charge on any atom is -0.289 e. The van der Waals surface area contributed by atoms with E-state index in [0.717, 1.165) is 35.1 Å². The number of rotatable bonds is 0. The topological polar surface area (TPSA) is 30.0 Å². The van der Waals surface area contributed by atoms with Gasteiger partial charge in [-0.2, -0.15) is 0 Å². The van der Waals surface area contributed by atoms with Crippen LogP contribution in [0.4, 0.5) is 0 Å². The summed E-state index contributed by atoms with van der Waals surface area (Å²) in [5, 5.41) is 0. The number of nitrogens with zero attached hydrogens (tertiary/aromatic N) is 1.